The van der Waals surface area contributed by atoms with Crippen LogP contribution in [0.2, 0.25) is 5.02 Å². The van der Waals surface area contributed by atoms with Gasteiger partial charge in [0.25, 0.3) is 5.91 Å². The Morgan fingerprint density at radius 3 is 2.45 bits per heavy atom. The van der Waals surface area contributed by atoms with E-state index >= 15 is 0 Å². The Labute approximate surface area is 129 Å². The molecule has 1 aromatic rings. The van der Waals surface area contributed by atoms with Crippen LogP contribution in [0.15, 0.2) is 18.2 Å². The molecule has 0 radical (unpaired) electrons. The number of hydrogen-bond acceptors (Lipinski definition) is 3. The summed E-state index contributed by atoms with van der Waals surface area (Å²) < 4.78 is 40.4. The lowest BCUT2D eigenvalue weighted by atomic mass is 10.2. The van der Waals surface area contributed by atoms with Crippen LogP contribution >= 0.6 is 11.6 Å². The van der Waals surface area contributed by atoms with Gasteiger partial charge >= 0.3 is 6.18 Å². The van der Waals surface area contributed by atoms with Crippen LogP contribution in [0.5, 0.6) is 0 Å². The van der Waals surface area contributed by atoms with E-state index in [0.717, 1.165) is 0 Å². The van der Waals surface area contributed by atoms with Crippen molar-refractivity contribution >= 4 is 34.8 Å². The molecule has 1 unspecified atom stereocenters. The molecule has 1 atom stereocenters. The van der Waals surface area contributed by atoms with Crippen molar-refractivity contribution in [3.05, 3.63) is 23.2 Å². The number of ether oxygens (including phenoxy) is 1. The molecular formula is C13H14ClF3N2O3. The molecule has 0 fully saturated rings. The molecule has 9 heteroatoms. The summed E-state index contributed by atoms with van der Waals surface area (Å²) in [5.74, 6) is -1.06. The van der Waals surface area contributed by atoms with Crippen molar-refractivity contribution in [3.8, 4) is 0 Å². The molecule has 0 aromatic heterocycles. The third kappa shape index (κ3) is 6.31. The molecule has 122 valence electrons. The first-order valence-corrected chi connectivity index (χ1v) is 6.52. The highest BCUT2D eigenvalue weighted by Gasteiger charge is 2.29. The fraction of sp³-hybridized carbons (Fsp3) is 0.385. The maximum Gasteiger partial charge on any atom is 0.411 e. The molecule has 2 amide bonds. The minimum absolute atomic E-state index is 0.178. The average molecular weight is 339 g/mol. The summed E-state index contributed by atoms with van der Waals surface area (Å²) in [5, 5.41) is 5.03. The highest BCUT2D eigenvalue weighted by atomic mass is 35.5. The summed E-state index contributed by atoms with van der Waals surface area (Å²) in [6.07, 6.45) is -5.78. The zero-order valence-corrected chi connectivity index (χ0v) is 12.5. The van der Waals surface area contributed by atoms with Crippen LogP contribution in [0.3, 0.4) is 0 Å². The number of benzene rings is 1. The molecule has 0 saturated heterocycles. The second-order valence-electron chi connectivity index (χ2n) is 4.43. The van der Waals surface area contributed by atoms with E-state index in [9.17, 15) is 22.8 Å². The average Bonchev–Trinajstić information content (AvgIpc) is 2.37. The number of rotatable bonds is 5. The van der Waals surface area contributed by atoms with Gasteiger partial charge in [0.15, 0.2) is 0 Å². The van der Waals surface area contributed by atoms with E-state index in [4.69, 9.17) is 11.6 Å². The van der Waals surface area contributed by atoms with Gasteiger partial charge in [-0.2, -0.15) is 13.2 Å². The van der Waals surface area contributed by atoms with Crippen LogP contribution in [-0.2, 0) is 14.3 Å². The summed E-state index contributed by atoms with van der Waals surface area (Å²) in [7, 11) is 0. The number of anilines is 2. The highest BCUT2D eigenvalue weighted by Crippen LogP contribution is 2.25. The van der Waals surface area contributed by atoms with E-state index in [2.05, 4.69) is 15.4 Å². The topological polar surface area (TPSA) is 67.4 Å². The van der Waals surface area contributed by atoms with Crippen molar-refractivity contribution in [2.24, 2.45) is 0 Å². The molecule has 0 saturated carbocycles. The maximum absolute atomic E-state index is 12.0. The summed E-state index contributed by atoms with van der Waals surface area (Å²) in [6, 6.07) is 4.27. The smallest absolute Gasteiger partial charge is 0.359 e. The van der Waals surface area contributed by atoms with Gasteiger partial charge in [-0.25, -0.2) is 0 Å². The van der Waals surface area contributed by atoms with Gasteiger partial charge in [-0.3, -0.25) is 9.59 Å². The maximum atomic E-state index is 12.0. The lowest BCUT2D eigenvalue weighted by Crippen LogP contribution is -2.31. The molecule has 1 rings (SSSR count). The molecule has 1 aromatic carbocycles. The number of alkyl halides is 3. The first kappa shape index (κ1) is 18.2. The minimum atomic E-state index is -4.50. The Morgan fingerprint density at radius 2 is 1.95 bits per heavy atom. The zero-order chi connectivity index (χ0) is 16.9. The molecule has 0 aliphatic heterocycles. The van der Waals surface area contributed by atoms with Crippen LogP contribution in [0, 0.1) is 0 Å². The second-order valence-corrected chi connectivity index (χ2v) is 4.84. The van der Waals surface area contributed by atoms with E-state index in [-0.39, 0.29) is 16.6 Å². The first-order valence-electron chi connectivity index (χ1n) is 6.15. The quantitative estimate of drug-likeness (QED) is 0.866. The minimum Gasteiger partial charge on any atom is -0.359 e. The van der Waals surface area contributed by atoms with Crippen molar-refractivity contribution < 1.29 is 27.5 Å². The second kappa shape index (κ2) is 7.46. The Morgan fingerprint density at radius 1 is 1.32 bits per heavy atom. The molecule has 0 heterocycles. The lowest BCUT2D eigenvalue weighted by Gasteiger charge is -2.15. The number of carbonyl (C=O) groups excluding carboxylic acids is 2. The summed E-state index contributed by atoms with van der Waals surface area (Å²) >= 11 is 5.91. The third-order valence-corrected chi connectivity index (χ3v) is 2.73. The van der Waals surface area contributed by atoms with Crippen molar-refractivity contribution in [1.82, 2.24) is 0 Å². The Hall–Kier alpha value is -1.80. The summed E-state index contributed by atoms with van der Waals surface area (Å²) in [4.78, 5) is 22.6. The number of halogens is 4. The number of hydrogen-bond donors (Lipinski definition) is 2. The third-order valence-electron chi connectivity index (χ3n) is 2.41. The predicted molar refractivity (Wildman–Crippen MR) is 75.9 cm³/mol. The molecule has 2 N–H and O–H groups in total. The number of nitrogens with one attached hydrogen (secondary N) is 2. The van der Waals surface area contributed by atoms with Crippen LogP contribution < -0.4 is 10.6 Å². The van der Waals surface area contributed by atoms with E-state index in [1.165, 1.54) is 32.0 Å². The molecule has 0 aliphatic carbocycles. The molecule has 5 nitrogen and oxygen atoms in total. The fourth-order valence-corrected chi connectivity index (χ4v) is 1.65. The number of amides is 2. The SMILES string of the molecule is CC(=O)Nc1ccc(NC(=O)C(C)OCC(F)(F)F)cc1Cl. The summed E-state index contributed by atoms with van der Waals surface area (Å²) in [6.45, 7) is 1.00. The van der Waals surface area contributed by atoms with Gasteiger partial charge in [0.1, 0.15) is 12.7 Å². The van der Waals surface area contributed by atoms with Gasteiger partial charge in [-0.15, -0.1) is 0 Å². The fourth-order valence-electron chi connectivity index (χ4n) is 1.42. The van der Waals surface area contributed by atoms with Crippen LogP contribution in [-0.4, -0.2) is 30.7 Å². The van der Waals surface area contributed by atoms with Crippen molar-refractivity contribution in [1.29, 1.82) is 0 Å². The summed E-state index contributed by atoms with van der Waals surface area (Å²) in [5.41, 5.74) is 0.625. The molecule has 0 bridgehead atoms. The normalized spacial score (nSPS) is 12.6. The van der Waals surface area contributed by atoms with Gasteiger partial charge in [0.05, 0.1) is 10.7 Å². The van der Waals surface area contributed by atoms with Crippen molar-refractivity contribution in [2.45, 2.75) is 26.1 Å². The van der Waals surface area contributed by atoms with Crippen molar-refractivity contribution in [3.63, 3.8) is 0 Å². The monoisotopic (exact) mass is 338 g/mol. The predicted octanol–water partition coefficient (Wildman–Crippen LogP) is 3.20. The lowest BCUT2D eigenvalue weighted by molar-refractivity contribution is -0.184. The molecule has 22 heavy (non-hydrogen) atoms. The zero-order valence-electron chi connectivity index (χ0n) is 11.8. The van der Waals surface area contributed by atoms with Gasteiger partial charge in [-0.05, 0) is 25.1 Å². The number of carbonyl (C=O) groups is 2. The van der Waals surface area contributed by atoms with E-state index < -0.39 is 24.8 Å². The van der Waals surface area contributed by atoms with Crippen molar-refractivity contribution in [2.75, 3.05) is 17.2 Å². The molecular weight excluding hydrogens is 325 g/mol. The molecule has 0 aliphatic rings. The molecule has 0 spiro atoms. The van der Waals surface area contributed by atoms with Gasteiger partial charge in [0.2, 0.25) is 5.91 Å². The van der Waals surface area contributed by atoms with Crippen LogP contribution in [0.4, 0.5) is 24.5 Å². The van der Waals surface area contributed by atoms with E-state index in [1.807, 2.05) is 0 Å². The first-order chi connectivity index (χ1) is 10.1. The van der Waals surface area contributed by atoms with E-state index in [0.29, 0.717) is 5.69 Å². The standard InChI is InChI=1S/C13H14ClF3N2O3/c1-7(22-6-13(15,16)17)12(21)19-9-3-4-11(10(14)5-9)18-8(2)20/h3-5,7H,6H2,1-2H3,(H,18,20)(H,19,21). The van der Waals surface area contributed by atoms with E-state index in [1.54, 1.807) is 0 Å². The Bertz CT molecular complexity index is 564. The van der Waals surface area contributed by atoms with Gasteiger partial charge < -0.3 is 15.4 Å². The van der Waals surface area contributed by atoms with Crippen LogP contribution in [0.25, 0.3) is 0 Å². The highest BCUT2D eigenvalue weighted by molar-refractivity contribution is 6.34. The Kier molecular flexibility index (Phi) is 6.19. The van der Waals surface area contributed by atoms with Gasteiger partial charge in [-0.1, -0.05) is 11.6 Å². The largest absolute Gasteiger partial charge is 0.411 e. The van der Waals surface area contributed by atoms with Crippen LogP contribution in [0.1, 0.15) is 13.8 Å². The Balaban J connectivity index is 2.64. The van der Waals surface area contributed by atoms with Gasteiger partial charge in [0, 0.05) is 12.6 Å².